The molecule has 1 fully saturated rings. The zero-order valence-electron chi connectivity index (χ0n) is 18.5. The number of fused-ring (bicyclic) bond motifs is 1. The van der Waals surface area contributed by atoms with Gasteiger partial charge in [-0.2, -0.15) is 0 Å². The highest BCUT2D eigenvalue weighted by Gasteiger charge is 2.11. The molecule has 9 nitrogen and oxygen atoms in total. The first-order chi connectivity index (χ1) is 16.3. The molecule has 0 atom stereocenters. The molecule has 9 heteroatoms. The summed E-state index contributed by atoms with van der Waals surface area (Å²) >= 11 is 0. The maximum absolute atomic E-state index is 5.88. The Morgan fingerprint density at radius 3 is 2.58 bits per heavy atom. The van der Waals surface area contributed by atoms with Crippen molar-refractivity contribution >= 4 is 17.2 Å². The SMILES string of the molecule is COc1ccc(-c2ccc3cnc(Nc4ccc(OCCN5CCOCC5)cc4)nn23)cn1. The summed E-state index contributed by atoms with van der Waals surface area (Å²) in [5.74, 6) is 1.91. The van der Waals surface area contributed by atoms with Crippen molar-refractivity contribution in [1.82, 2.24) is 24.5 Å². The number of rotatable bonds is 8. The van der Waals surface area contributed by atoms with Gasteiger partial charge >= 0.3 is 0 Å². The number of morpholine rings is 1. The van der Waals surface area contributed by atoms with Gasteiger partial charge in [0, 0.05) is 43.1 Å². The van der Waals surface area contributed by atoms with Crippen molar-refractivity contribution in [2.24, 2.45) is 0 Å². The largest absolute Gasteiger partial charge is 0.492 e. The Hall–Kier alpha value is -3.69. The van der Waals surface area contributed by atoms with Crippen LogP contribution in [0.2, 0.25) is 0 Å². The Labute approximate surface area is 191 Å². The molecule has 0 radical (unpaired) electrons. The monoisotopic (exact) mass is 446 g/mol. The van der Waals surface area contributed by atoms with E-state index < -0.39 is 0 Å². The first-order valence-electron chi connectivity index (χ1n) is 10.9. The van der Waals surface area contributed by atoms with Crippen molar-refractivity contribution < 1.29 is 14.2 Å². The molecule has 33 heavy (non-hydrogen) atoms. The van der Waals surface area contributed by atoms with Gasteiger partial charge in [0.1, 0.15) is 12.4 Å². The fourth-order valence-electron chi connectivity index (χ4n) is 3.71. The van der Waals surface area contributed by atoms with Crippen molar-refractivity contribution in [3.63, 3.8) is 0 Å². The number of methoxy groups -OCH3 is 1. The smallest absolute Gasteiger partial charge is 0.245 e. The fraction of sp³-hybridized carbons (Fsp3) is 0.292. The third-order valence-corrected chi connectivity index (χ3v) is 5.53. The van der Waals surface area contributed by atoms with E-state index in [4.69, 9.17) is 14.2 Å². The Bertz CT molecular complexity index is 1190. The number of nitrogens with one attached hydrogen (secondary N) is 1. The molecule has 0 saturated carbocycles. The predicted octanol–water partition coefficient (Wildman–Crippen LogP) is 3.25. The van der Waals surface area contributed by atoms with E-state index in [1.165, 1.54) is 0 Å². The molecule has 1 N–H and O–H groups in total. The number of hydrogen-bond donors (Lipinski definition) is 1. The average Bonchev–Trinajstić information content (AvgIpc) is 3.29. The number of pyridine rings is 1. The third kappa shape index (κ3) is 5.05. The molecule has 3 aromatic heterocycles. The second kappa shape index (κ2) is 9.85. The molecule has 1 aliphatic rings. The van der Waals surface area contributed by atoms with E-state index in [1.807, 2.05) is 53.0 Å². The third-order valence-electron chi connectivity index (χ3n) is 5.53. The van der Waals surface area contributed by atoms with Gasteiger partial charge < -0.3 is 19.5 Å². The number of benzene rings is 1. The van der Waals surface area contributed by atoms with Crippen LogP contribution in [0.15, 0.2) is 60.9 Å². The van der Waals surface area contributed by atoms with E-state index in [0.717, 1.165) is 61.1 Å². The molecule has 0 aliphatic carbocycles. The summed E-state index contributed by atoms with van der Waals surface area (Å²) < 4.78 is 18.3. The number of ether oxygens (including phenoxy) is 3. The van der Waals surface area contributed by atoms with Gasteiger partial charge in [-0.05, 0) is 42.5 Å². The second-order valence-corrected chi connectivity index (χ2v) is 7.68. The zero-order valence-corrected chi connectivity index (χ0v) is 18.5. The number of anilines is 2. The summed E-state index contributed by atoms with van der Waals surface area (Å²) in [6.45, 7) is 5.10. The van der Waals surface area contributed by atoms with Gasteiger partial charge in [0.2, 0.25) is 11.8 Å². The molecule has 1 aliphatic heterocycles. The Kier molecular flexibility index (Phi) is 6.32. The quantitative estimate of drug-likeness (QED) is 0.442. The molecular formula is C24H26N6O3. The summed E-state index contributed by atoms with van der Waals surface area (Å²) in [6.07, 6.45) is 3.56. The van der Waals surface area contributed by atoms with Crippen LogP contribution in [0.1, 0.15) is 0 Å². The van der Waals surface area contributed by atoms with Crippen molar-refractivity contribution in [1.29, 1.82) is 0 Å². The van der Waals surface area contributed by atoms with Crippen molar-refractivity contribution in [3.05, 3.63) is 60.9 Å². The maximum atomic E-state index is 5.88. The molecule has 1 aromatic carbocycles. The summed E-state index contributed by atoms with van der Waals surface area (Å²) in [5.41, 5.74) is 3.65. The lowest BCUT2D eigenvalue weighted by Gasteiger charge is -2.26. The standard InChI is InChI=1S/C24H26N6O3/c1-31-23-9-2-18(16-25-23)22-8-5-20-17-26-24(28-30(20)22)27-19-3-6-21(7-4-19)33-15-12-29-10-13-32-14-11-29/h2-9,16-17H,10-15H2,1H3,(H,27,28). The van der Waals surface area contributed by atoms with E-state index in [9.17, 15) is 0 Å². The molecule has 1 saturated heterocycles. The Morgan fingerprint density at radius 1 is 0.970 bits per heavy atom. The first kappa shape index (κ1) is 21.2. The van der Waals surface area contributed by atoms with E-state index in [1.54, 1.807) is 19.5 Å². The minimum atomic E-state index is 0.502. The molecule has 0 amide bonds. The van der Waals surface area contributed by atoms with Gasteiger partial charge in [0.05, 0.1) is 37.7 Å². The van der Waals surface area contributed by atoms with Crippen molar-refractivity contribution in [2.75, 3.05) is 51.9 Å². The topological polar surface area (TPSA) is 86.0 Å². The molecule has 0 unspecified atom stereocenters. The minimum absolute atomic E-state index is 0.502. The summed E-state index contributed by atoms with van der Waals surface area (Å²) in [4.78, 5) is 11.1. The normalized spacial score (nSPS) is 14.3. The van der Waals surface area contributed by atoms with Crippen LogP contribution in [-0.4, -0.2) is 71.0 Å². The van der Waals surface area contributed by atoms with E-state index in [-0.39, 0.29) is 0 Å². The van der Waals surface area contributed by atoms with Crippen LogP contribution in [0.25, 0.3) is 16.8 Å². The summed E-state index contributed by atoms with van der Waals surface area (Å²) in [5, 5.41) is 7.92. The van der Waals surface area contributed by atoms with Crippen molar-refractivity contribution in [3.8, 4) is 22.9 Å². The molecule has 170 valence electrons. The predicted molar refractivity (Wildman–Crippen MR) is 125 cm³/mol. The summed E-state index contributed by atoms with van der Waals surface area (Å²) in [6, 6.07) is 15.6. The van der Waals surface area contributed by atoms with Crippen LogP contribution in [0, 0.1) is 0 Å². The highest BCUT2D eigenvalue weighted by molar-refractivity contribution is 5.66. The highest BCUT2D eigenvalue weighted by atomic mass is 16.5. The molecule has 5 rings (SSSR count). The molecule has 4 aromatic rings. The van der Waals surface area contributed by atoms with Gasteiger partial charge in [0.25, 0.3) is 0 Å². The highest BCUT2D eigenvalue weighted by Crippen LogP contribution is 2.24. The fourth-order valence-corrected chi connectivity index (χ4v) is 3.71. The zero-order chi connectivity index (χ0) is 22.5. The molecular weight excluding hydrogens is 420 g/mol. The van der Waals surface area contributed by atoms with Crippen LogP contribution in [0.5, 0.6) is 11.6 Å². The Morgan fingerprint density at radius 2 is 1.82 bits per heavy atom. The molecule has 4 heterocycles. The number of hydrogen-bond acceptors (Lipinski definition) is 8. The van der Waals surface area contributed by atoms with E-state index in [2.05, 4.69) is 25.3 Å². The van der Waals surface area contributed by atoms with Crippen LogP contribution in [0.3, 0.4) is 0 Å². The maximum Gasteiger partial charge on any atom is 0.245 e. The van der Waals surface area contributed by atoms with Crippen LogP contribution < -0.4 is 14.8 Å². The first-order valence-corrected chi connectivity index (χ1v) is 10.9. The van der Waals surface area contributed by atoms with Crippen molar-refractivity contribution in [2.45, 2.75) is 0 Å². The second-order valence-electron chi connectivity index (χ2n) is 7.68. The lowest BCUT2D eigenvalue weighted by atomic mass is 10.2. The van der Waals surface area contributed by atoms with Gasteiger partial charge in [-0.1, -0.05) is 0 Å². The van der Waals surface area contributed by atoms with Gasteiger partial charge in [-0.3, -0.25) is 4.90 Å². The van der Waals surface area contributed by atoms with Crippen LogP contribution >= 0.6 is 0 Å². The molecule has 0 spiro atoms. The lowest BCUT2D eigenvalue weighted by Crippen LogP contribution is -2.38. The van der Waals surface area contributed by atoms with Gasteiger partial charge in [-0.15, -0.1) is 5.10 Å². The number of nitrogens with zero attached hydrogens (tertiary/aromatic N) is 5. The van der Waals surface area contributed by atoms with Crippen LogP contribution in [0.4, 0.5) is 11.6 Å². The van der Waals surface area contributed by atoms with E-state index in [0.29, 0.717) is 18.4 Å². The number of aromatic nitrogens is 4. The molecule has 0 bridgehead atoms. The lowest BCUT2D eigenvalue weighted by molar-refractivity contribution is 0.0322. The average molecular weight is 447 g/mol. The van der Waals surface area contributed by atoms with Crippen LogP contribution in [-0.2, 0) is 4.74 Å². The minimum Gasteiger partial charge on any atom is -0.492 e. The van der Waals surface area contributed by atoms with Gasteiger partial charge in [0.15, 0.2) is 0 Å². The Balaban J connectivity index is 1.24. The summed E-state index contributed by atoms with van der Waals surface area (Å²) in [7, 11) is 1.60. The van der Waals surface area contributed by atoms with Gasteiger partial charge in [-0.25, -0.2) is 14.5 Å². The van der Waals surface area contributed by atoms with E-state index >= 15 is 0 Å².